The Hall–Kier alpha value is -3.93. The van der Waals surface area contributed by atoms with Crippen LogP contribution in [0.1, 0.15) is 31.8 Å². The summed E-state index contributed by atoms with van der Waals surface area (Å²) in [6.45, 7) is 2.00. The number of para-hydroxylation sites is 1. The van der Waals surface area contributed by atoms with Gasteiger partial charge in [-0.1, -0.05) is 42.0 Å². The quantitative estimate of drug-likeness (QED) is 0.495. The molecule has 0 saturated heterocycles. The molecule has 0 atom stereocenters. The molecule has 0 saturated carbocycles. The molecule has 6 heteroatoms. The van der Waals surface area contributed by atoms with Crippen molar-refractivity contribution in [3.05, 3.63) is 95.1 Å². The van der Waals surface area contributed by atoms with Crippen LogP contribution >= 0.6 is 0 Å². The molecule has 6 nitrogen and oxygen atoms in total. The molecule has 0 aliphatic heterocycles. The molecule has 0 radical (unpaired) electrons. The zero-order valence-electron chi connectivity index (χ0n) is 16.2. The zero-order chi connectivity index (χ0) is 20.6. The summed E-state index contributed by atoms with van der Waals surface area (Å²) in [5, 5.41) is 6.76. The first kappa shape index (κ1) is 19.8. The number of hydrazone groups is 1. The van der Waals surface area contributed by atoms with Crippen molar-refractivity contribution < 1.29 is 14.3 Å². The number of ether oxygens (including phenoxy) is 1. The van der Waals surface area contributed by atoms with E-state index in [1.54, 1.807) is 61.9 Å². The maximum absolute atomic E-state index is 12.5. The van der Waals surface area contributed by atoms with Gasteiger partial charge in [0.1, 0.15) is 5.75 Å². The van der Waals surface area contributed by atoms with E-state index in [0.717, 1.165) is 11.1 Å². The van der Waals surface area contributed by atoms with E-state index in [2.05, 4.69) is 15.8 Å². The first-order chi connectivity index (χ1) is 14.1. The number of hydrogen-bond donors (Lipinski definition) is 2. The van der Waals surface area contributed by atoms with Gasteiger partial charge in [-0.3, -0.25) is 9.59 Å². The molecule has 0 aliphatic carbocycles. The first-order valence-corrected chi connectivity index (χ1v) is 9.01. The number of aryl methyl sites for hydroxylation is 1. The number of nitrogens with one attached hydrogen (secondary N) is 2. The second kappa shape index (κ2) is 9.32. The summed E-state index contributed by atoms with van der Waals surface area (Å²) >= 11 is 0. The normalized spacial score (nSPS) is 10.6. The highest BCUT2D eigenvalue weighted by atomic mass is 16.5. The summed E-state index contributed by atoms with van der Waals surface area (Å²) < 4.78 is 5.09. The molecular weight excluding hydrogens is 366 g/mol. The molecule has 0 heterocycles. The average Bonchev–Trinajstić information content (AvgIpc) is 2.75. The number of anilines is 1. The minimum atomic E-state index is -0.418. The van der Waals surface area contributed by atoms with Gasteiger partial charge in [-0.2, -0.15) is 5.10 Å². The molecule has 0 aromatic heterocycles. The molecule has 3 aromatic carbocycles. The molecule has 146 valence electrons. The first-order valence-electron chi connectivity index (χ1n) is 9.01. The van der Waals surface area contributed by atoms with Crippen LogP contribution < -0.4 is 15.5 Å². The summed E-state index contributed by atoms with van der Waals surface area (Å²) in [5.41, 5.74) is 5.68. The predicted octanol–water partition coefficient (Wildman–Crippen LogP) is 4.02. The SMILES string of the molecule is COc1ccc(C(=O)Nc2ccccc2C(=O)N/N=C/c2ccc(C)cc2)cc1. The average molecular weight is 387 g/mol. The van der Waals surface area contributed by atoms with Gasteiger partial charge in [0.2, 0.25) is 0 Å². The number of nitrogens with zero attached hydrogens (tertiary/aromatic N) is 1. The van der Waals surface area contributed by atoms with Crippen LogP contribution in [0.4, 0.5) is 5.69 Å². The molecule has 0 fully saturated rings. The second-order valence-electron chi connectivity index (χ2n) is 6.34. The molecule has 3 aromatic rings. The van der Waals surface area contributed by atoms with E-state index in [4.69, 9.17) is 4.74 Å². The molecule has 2 N–H and O–H groups in total. The van der Waals surface area contributed by atoms with Gasteiger partial charge in [0.15, 0.2) is 0 Å². The summed E-state index contributed by atoms with van der Waals surface area (Å²) in [6, 6.07) is 21.2. The monoisotopic (exact) mass is 387 g/mol. The van der Waals surface area contributed by atoms with E-state index in [9.17, 15) is 9.59 Å². The van der Waals surface area contributed by atoms with E-state index in [1.807, 2.05) is 31.2 Å². The minimum Gasteiger partial charge on any atom is -0.497 e. The number of carbonyl (C=O) groups excluding carboxylic acids is 2. The lowest BCUT2D eigenvalue weighted by Crippen LogP contribution is -2.21. The predicted molar refractivity (Wildman–Crippen MR) is 114 cm³/mol. The molecule has 29 heavy (non-hydrogen) atoms. The molecule has 0 bridgehead atoms. The van der Waals surface area contributed by atoms with Crippen molar-refractivity contribution in [1.29, 1.82) is 0 Å². The van der Waals surface area contributed by atoms with Crippen LogP contribution in [0.3, 0.4) is 0 Å². The third kappa shape index (κ3) is 5.29. The summed E-state index contributed by atoms with van der Waals surface area (Å²) in [7, 11) is 1.56. The fourth-order valence-corrected chi connectivity index (χ4v) is 2.61. The molecule has 2 amide bonds. The lowest BCUT2D eigenvalue weighted by atomic mass is 10.1. The Balaban J connectivity index is 1.69. The fourth-order valence-electron chi connectivity index (χ4n) is 2.61. The van der Waals surface area contributed by atoms with E-state index < -0.39 is 5.91 Å². The van der Waals surface area contributed by atoms with Crippen LogP contribution in [0.25, 0.3) is 0 Å². The van der Waals surface area contributed by atoms with Crippen LogP contribution in [-0.2, 0) is 0 Å². The van der Waals surface area contributed by atoms with Crippen LogP contribution in [-0.4, -0.2) is 25.1 Å². The molecular formula is C23H21N3O3. The standard InChI is InChI=1S/C23H21N3O3/c1-16-7-9-17(10-8-16)15-24-26-23(28)20-5-3-4-6-21(20)25-22(27)18-11-13-19(29-2)14-12-18/h3-15H,1-2H3,(H,25,27)(H,26,28)/b24-15+. The lowest BCUT2D eigenvalue weighted by molar-refractivity contribution is 0.0956. The van der Waals surface area contributed by atoms with Crippen molar-refractivity contribution in [2.24, 2.45) is 5.10 Å². The van der Waals surface area contributed by atoms with Gasteiger partial charge in [0.05, 0.1) is 24.6 Å². The van der Waals surface area contributed by atoms with Gasteiger partial charge < -0.3 is 10.1 Å². The lowest BCUT2D eigenvalue weighted by Gasteiger charge is -2.10. The highest BCUT2D eigenvalue weighted by Gasteiger charge is 2.13. The number of amides is 2. The van der Waals surface area contributed by atoms with Gasteiger partial charge in [-0.15, -0.1) is 0 Å². The maximum Gasteiger partial charge on any atom is 0.273 e. The summed E-state index contributed by atoms with van der Waals surface area (Å²) in [5.74, 6) is -0.0807. The van der Waals surface area contributed by atoms with Crippen LogP contribution in [0.15, 0.2) is 77.9 Å². The number of hydrogen-bond acceptors (Lipinski definition) is 4. The van der Waals surface area contributed by atoms with Gasteiger partial charge in [0.25, 0.3) is 11.8 Å². The largest absolute Gasteiger partial charge is 0.497 e. The van der Waals surface area contributed by atoms with Crippen molar-refractivity contribution in [1.82, 2.24) is 5.43 Å². The Morgan fingerprint density at radius 2 is 1.59 bits per heavy atom. The van der Waals surface area contributed by atoms with Gasteiger partial charge in [-0.25, -0.2) is 5.43 Å². The van der Waals surface area contributed by atoms with Gasteiger partial charge >= 0.3 is 0 Å². The number of methoxy groups -OCH3 is 1. The third-order valence-electron chi connectivity index (χ3n) is 4.23. The van der Waals surface area contributed by atoms with Crippen molar-refractivity contribution >= 4 is 23.7 Å². The summed E-state index contributed by atoms with van der Waals surface area (Å²) in [6.07, 6.45) is 1.57. The minimum absolute atomic E-state index is 0.315. The third-order valence-corrected chi connectivity index (χ3v) is 4.23. The Bertz CT molecular complexity index is 1030. The second-order valence-corrected chi connectivity index (χ2v) is 6.34. The molecule has 0 unspecified atom stereocenters. The number of rotatable bonds is 6. The fraction of sp³-hybridized carbons (Fsp3) is 0.0870. The smallest absolute Gasteiger partial charge is 0.273 e. The van der Waals surface area contributed by atoms with Crippen molar-refractivity contribution in [2.75, 3.05) is 12.4 Å². The highest BCUT2D eigenvalue weighted by Crippen LogP contribution is 2.17. The zero-order valence-corrected chi connectivity index (χ0v) is 16.2. The molecule has 0 spiro atoms. The van der Waals surface area contributed by atoms with E-state index >= 15 is 0 Å². The van der Waals surface area contributed by atoms with E-state index in [0.29, 0.717) is 22.6 Å². The Morgan fingerprint density at radius 1 is 0.897 bits per heavy atom. The Morgan fingerprint density at radius 3 is 2.28 bits per heavy atom. The number of benzene rings is 3. The van der Waals surface area contributed by atoms with E-state index in [1.165, 1.54) is 0 Å². The van der Waals surface area contributed by atoms with Gasteiger partial charge in [-0.05, 0) is 48.9 Å². The Labute approximate surface area is 169 Å². The van der Waals surface area contributed by atoms with Crippen molar-refractivity contribution in [3.63, 3.8) is 0 Å². The molecule has 3 rings (SSSR count). The van der Waals surface area contributed by atoms with Crippen molar-refractivity contribution in [2.45, 2.75) is 6.92 Å². The topological polar surface area (TPSA) is 79.8 Å². The summed E-state index contributed by atoms with van der Waals surface area (Å²) in [4.78, 5) is 25.0. The van der Waals surface area contributed by atoms with Gasteiger partial charge in [0, 0.05) is 5.56 Å². The maximum atomic E-state index is 12.5. The Kier molecular flexibility index (Phi) is 6.37. The highest BCUT2D eigenvalue weighted by molar-refractivity contribution is 6.09. The molecule has 0 aliphatic rings. The van der Waals surface area contributed by atoms with E-state index in [-0.39, 0.29) is 5.91 Å². The number of carbonyl (C=O) groups is 2. The van der Waals surface area contributed by atoms with Crippen LogP contribution in [0.2, 0.25) is 0 Å². The van der Waals surface area contributed by atoms with Crippen LogP contribution in [0, 0.1) is 6.92 Å². The van der Waals surface area contributed by atoms with Crippen molar-refractivity contribution in [3.8, 4) is 5.75 Å². The van der Waals surface area contributed by atoms with Crippen LogP contribution in [0.5, 0.6) is 5.75 Å².